The Morgan fingerprint density at radius 3 is 1.75 bits per heavy atom. The van der Waals surface area contributed by atoms with Gasteiger partial charge in [0.2, 0.25) is 0 Å². The minimum atomic E-state index is -0.738. The fourth-order valence-electron chi connectivity index (χ4n) is 3.89. The summed E-state index contributed by atoms with van der Waals surface area (Å²) in [5, 5.41) is 0. The van der Waals surface area contributed by atoms with Crippen molar-refractivity contribution in [2.24, 2.45) is 0 Å². The van der Waals surface area contributed by atoms with E-state index >= 15 is 0 Å². The molecule has 0 fully saturated rings. The largest absolute Gasteiger partial charge is 0.307 e. The summed E-state index contributed by atoms with van der Waals surface area (Å²) < 4.78 is 0. The molecule has 3 aromatic carbocycles. The molecule has 0 saturated heterocycles. The molecule has 0 heterocycles. The Bertz CT molecular complexity index is 876. The minimum Gasteiger partial charge on any atom is -0.307 e. The molecule has 0 amide bonds. The highest BCUT2D eigenvalue weighted by Gasteiger charge is 2.43. The van der Waals surface area contributed by atoms with Crippen LogP contribution in [0.5, 0.6) is 0 Å². The lowest BCUT2D eigenvalue weighted by Gasteiger charge is -2.38. The lowest BCUT2D eigenvalue weighted by Crippen LogP contribution is -2.43. The summed E-state index contributed by atoms with van der Waals surface area (Å²) in [4.78, 5) is 16.4. The van der Waals surface area contributed by atoms with E-state index in [1.165, 1.54) is 0 Å². The maximum absolute atomic E-state index is 14.2. The van der Waals surface area contributed by atoms with E-state index in [-0.39, 0.29) is 11.8 Å². The van der Waals surface area contributed by atoms with Gasteiger partial charge in [-0.3, -0.25) is 4.79 Å². The molecule has 0 aromatic heterocycles. The third-order valence-electron chi connectivity index (χ3n) is 5.79. The van der Waals surface area contributed by atoms with E-state index in [0.29, 0.717) is 6.42 Å². The average molecular weight is 372 g/mol. The van der Waals surface area contributed by atoms with Crippen LogP contribution in [0.3, 0.4) is 0 Å². The third-order valence-corrected chi connectivity index (χ3v) is 5.79. The highest BCUT2D eigenvalue weighted by molar-refractivity contribution is 6.07. The molecule has 0 N–H and O–H groups in total. The maximum atomic E-state index is 14.2. The molecule has 0 bridgehead atoms. The van der Waals surface area contributed by atoms with Gasteiger partial charge in [-0.25, -0.2) is 0 Å². The fraction of sp³-hybridized carbons (Fsp3) is 0.269. The van der Waals surface area contributed by atoms with Crippen molar-refractivity contribution in [3.8, 4) is 0 Å². The van der Waals surface area contributed by atoms with E-state index in [4.69, 9.17) is 0 Å². The molecule has 0 radical (unpaired) electrons. The van der Waals surface area contributed by atoms with E-state index in [1.54, 1.807) is 0 Å². The number of ketones is 1. The van der Waals surface area contributed by atoms with E-state index in [1.807, 2.05) is 67.6 Å². The van der Waals surface area contributed by atoms with Gasteiger partial charge >= 0.3 is 0 Å². The average Bonchev–Trinajstić information content (AvgIpc) is 2.73. The van der Waals surface area contributed by atoms with Crippen molar-refractivity contribution in [2.45, 2.75) is 31.7 Å². The van der Waals surface area contributed by atoms with Crippen LogP contribution in [-0.4, -0.2) is 30.8 Å². The molecule has 0 unspecified atom stereocenters. The molecule has 0 saturated carbocycles. The van der Waals surface area contributed by atoms with Crippen LogP contribution in [0.1, 0.15) is 40.4 Å². The van der Waals surface area contributed by atoms with E-state index in [0.717, 1.165) is 22.3 Å². The number of carbonyl (C=O) groups is 1. The van der Waals surface area contributed by atoms with Crippen molar-refractivity contribution in [2.75, 3.05) is 14.1 Å². The first-order valence-corrected chi connectivity index (χ1v) is 9.84. The summed E-state index contributed by atoms with van der Waals surface area (Å²) in [5.41, 5.74) is 3.16. The smallest absolute Gasteiger partial charge is 0.178 e. The standard InChI is InChI=1S/C26H29NO/c1-20-13-11-12-18-24(20)25(28)26(19-21(2)27(3)4,22-14-7-5-8-15-22)23-16-9-6-10-17-23/h5-18,21H,19H2,1-4H3/t21-/m0/s1. The van der Waals surface area contributed by atoms with Crippen molar-refractivity contribution >= 4 is 5.78 Å². The van der Waals surface area contributed by atoms with Crippen LogP contribution < -0.4 is 0 Å². The van der Waals surface area contributed by atoms with Crippen LogP contribution in [-0.2, 0) is 5.41 Å². The summed E-state index contributed by atoms with van der Waals surface area (Å²) in [6.45, 7) is 4.20. The molecule has 0 aliphatic carbocycles. The zero-order valence-corrected chi connectivity index (χ0v) is 17.2. The van der Waals surface area contributed by atoms with Gasteiger partial charge in [-0.2, -0.15) is 0 Å². The molecule has 0 spiro atoms. The quantitative estimate of drug-likeness (QED) is 0.511. The van der Waals surface area contributed by atoms with E-state index < -0.39 is 5.41 Å². The number of hydrogen-bond acceptors (Lipinski definition) is 2. The van der Waals surface area contributed by atoms with Crippen molar-refractivity contribution in [3.63, 3.8) is 0 Å². The number of rotatable bonds is 7. The number of Topliss-reactive ketones (excluding diaryl/α,β-unsaturated/α-hetero) is 1. The first-order valence-electron chi connectivity index (χ1n) is 9.84. The summed E-state index contributed by atoms with van der Waals surface area (Å²) in [5.74, 6) is 0.164. The Labute approximate surface area is 168 Å². The van der Waals surface area contributed by atoms with Gasteiger partial charge in [0.15, 0.2) is 5.78 Å². The SMILES string of the molecule is Cc1ccccc1C(=O)C(C[C@H](C)N(C)C)(c1ccccc1)c1ccccc1. The lowest BCUT2D eigenvalue weighted by molar-refractivity contribution is 0.0881. The topological polar surface area (TPSA) is 20.3 Å². The van der Waals surface area contributed by atoms with Gasteiger partial charge < -0.3 is 4.90 Å². The van der Waals surface area contributed by atoms with Gasteiger partial charge in [0.05, 0.1) is 5.41 Å². The molecule has 28 heavy (non-hydrogen) atoms. The summed E-state index contributed by atoms with van der Waals surface area (Å²) in [7, 11) is 4.15. The predicted molar refractivity (Wildman–Crippen MR) is 117 cm³/mol. The molecule has 0 aliphatic heterocycles. The van der Waals surface area contributed by atoms with Gasteiger partial charge in [-0.05, 0) is 51.1 Å². The van der Waals surface area contributed by atoms with Crippen LogP contribution in [0, 0.1) is 6.92 Å². The zero-order chi connectivity index (χ0) is 20.1. The summed E-state index contributed by atoms with van der Waals surface area (Å²) in [6, 6.07) is 28.6. The van der Waals surface area contributed by atoms with Crippen LogP contribution in [0.15, 0.2) is 84.9 Å². The van der Waals surface area contributed by atoms with Crippen LogP contribution in [0.25, 0.3) is 0 Å². The predicted octanol–water partition coefficient (Wildman–Crippen LogP) is 5.50. The fourth-order valence-corrected chi connectivity index (χ4v) is 3.89. The first-order chi connectivity index (χ1) is 13.5. The van der Waals surface area contributed by atoms with Crippen LogP contribution in [0.2, 0.25) is 0 Å². The number of hydrogen-bond donors (Lipinski definition) is 0. The first kappa shape index (κ1) is 20.0. The molecule has 0 aliphatic rings. The Hall–Kier alpha value is -2.71. The molecule has 2 nitrogen and oxygen atoms in total. The highest BCUT2D eigenvalue weighted by atomic mass is 16.1. The Kier molecular flexibility index (Phi) is 6.11. The molecular weight excluding hydrogens is 342 g/mol. The Balaban J connectivity index is 2.30. The molecular formula is C26H29NO. The van der Waals surface area contributed by atoms with Crippen molar-refractivity contribution in [1.82, 2.24) is 4.90 Å². The number of carbonyl (C=O) groups excluding carboxylic acids is 1. The maximum Gasteiger partial charge on any atom is 0.178 e. The second-order valence-electron chi connectivity index (χ2n) is 7.80. The highest BCUT2D eigenvalue weighted by Crippen LogP contribution is 2.41. The second-order valence-corrected chi connectivity index (χ2v) is 7.80. The summed E-state index contributed by atoms with van der Waals surface area (Å²) in [6.07, 6.45) is 0.710. The number of benzene rings is 3. The van der Waals surface area contributed by atoms with Crippen molar-refractivity contribution in [1.29, 1.82) is 0 Å². The summed E-state index contributed by atoms with van der Waals surface area (Å²) >= 11 is 0. The van der Waals surface area contributed by atoms with Crippen molar-refractivity contribution in [3.05, 3.63) is 107 Å². The monoisotopic (exact) mass is 371 g/mol. The van der Waals surface area contributed by atoms with Crippen molar-refractivity contribution < 1.29 is 4.79 Å². The molecule has 1 atom stereocenters. The van der Waals surface area contributed by atoms with Crippen LogP contribution >= 0.6 is 0 Å². The van der Waals surface area contributed by atoms with Gasteiger partial charge in [-0.1, -0.05) is 84.9 Å². The van der Waals surface area contributed by atoms with E-state index in [2.05, 4.69) is 50.2 Å². The zero-order valence-electron chi connectivity index (χ0n) is 17.2. The van der Waals surface area contributed by atoms with E-state index in [9.17, 15) is 4.79 Å². The lowest BCUT2D eigenvalue weighted by atomic mass is 9.65. The number of nitrogens with zero attached hydrogens (tertiary/aromatic N) is 1. The van der Waals surface area contributed by atoms with Gasteiger partial charge in [-0.15, -0.1) is 0 Å². The number of aryl methyl sites for hydroxylation is 1. The molecule has 144 valence electrons. The third kappa shape index (κ3) is 3.79. The van der Waals surface area contributed by atoms with Gasteiger partial charge in [0.1, 0.15) is 0 Å². The van der Waals surface area contributed by atoms with Gasteiger partial charge in [0.25, 0.3) is 0 Å². The second kappa shape index (κ2) is 8.53. The Morgan fingerprint density at radius 1 is 0.821 bits per heavy atom. The van der Waals surface area contributed by atoms with Crippen LogP contribution in [0.4, 0.5) is 0 Å². The minimum absolute atomic E-state index is 0.164. The normalized spacial score (nSPS) is 12.8. The molecule has 3 rings (SSSR count). The molecule has 3 aromatic rings. The molecule has 2 heteroatoms. The Morgan fingerprint density at radius 2 is 1.29 bits per heavy atom. The van der Waals surface area contributed by atoms with Gasteiger partial charge in [0, 0.05) is 11.6 Å².